The quantitative estimate of drug-likeness (QED) is 0.292. The van der Waals surface area contributed by atoms with E-state index in [-0.39, 0.29) is 11.1 Å². The van der Waals surface area contributed by atoms with Gasteiger partial charge in [0.15, 0.2) is 0 Å². The highest BCUT2D eigenvalue weighted by atomic mass is 19.3. The number of rotatable bonds is 7. The van der Waals surface area contributed by atoms with Crippen LogP contribution >= 0.6 is 0 Å². The second-order valence-electron chi connectivity index (χ2n) is 9.10. The van der Waals surface area contributed by atoms with Gasteiger partial charge in [-0.3, -0.25) is 14.3 Å². The average molecular weight is 545 g/mol. The van der Waals surface area contributed by atoms with Gasteiger partial charge in [-0.05, 0) is 41.5 Å². The largest absolute Gasteiger partial charge is 0.383 e. The fourth-order valence-electron chi connectivity index (χ4n) is 4.26. The topological polar surface area (TPSA) is 108 Å². The third kappa shape index (κ3) is 5.63. The number of amides is 1. The minimum absolute atomic E-state index is 0.000112. The van der Waals surface area contributed by atoms with Crippen LogP contribution in [-0.2, 0) is 13.6 Å². The van der Waals surface area contributed by atoms with Crippen LogP contribution < -0.4 is 16.5 Å². The lowest BCUT2D eigenvalue weighted by molar-refractivity contribution is 0.102. The molecule has 0 bridgehead atoms. The van der Waals surface area contributed by atoms with E-state index in [2.05, 4.69) is 15.4 Å². The van der Waals surface area contributed by atoms with Crippen LogP contribution in [-0.4, -0.2) is 31.7 Å². The molecule has 3 aromatic heterocycles. The van der Waals surface area contributed by atoms with Crippen molar-refractivity contribution in [3.63, 3.8) is 0 Å². The number of aryl methyl sites for hydroxylation is 1. The number of benzene rings is 2. The molecule has 0 aliphatic rings. The number of alkyl halides is 2. The third-order valence-electron chi connectivity index (χ3n) is 6.24. The highest BCUT2D eigenvalue weighted by Gasteiger charge is 2.18. The molecule has 0 spiro atoms. The smallest absolute Gasteiger partial charge is 0.261 e. The van der Waals surface area contributed by atoms with E-state index in [9.17, 15) is 22.8 Å². The standard InChI is InChI=1S/C29H23F3N6O2/c1-37-13-20(12-35-37)19-10-23(28(33)34-11-19)17-4-8-22(9-5-17)36-29(40)25-15-38(16-26(31)32)14-24(27(25)39)18-2-6-21(30)7-3-18/h2-15,26H,16H2,1H3,(H2,33,34)(H,36,40). The summed E-state index contributed by atoms with van der Waals surface area (Å²) in [6.45, 7) is -0.725. The Morgan fingerprint density at radius 3 is 2.25 bits per heavy atom. The van der Waals surface area contributed by atoms with Crippen LogP contribution in [0.5, 0.6) is 0 Å². The second kappa shape index (κ2) is 10.9. The summed E-state index contributed by atoms with van der Waals surface area (Å²) >= 11 is 0. The van der Waals surface area contributed by atoms with E-state index in [1.807, 2.05) is 19.3 Å². The number of hydrogen-bond acceptors (Lipinski definition) is 5. The zero-order chi connectivity index (χ0) is 28.4. The fourth-order valence-corrected chi connectivity index (χ4v) is 4.26. The van der Waals surface area contributed by atoms with E-state index in [0.717, 1.165) is 39.6 Å². The van der Waals surface area contributed by atoms with Crippen molar-refractivity contribution >= 4 is 17.4 Å². The molecule has 0 saturated heterocycles. The molecule has 0 atom stereocenters. The maximum Gasteiger partial charge on any atom is 0.261 e. The van der Waals surface area contributed by atoms with Gasteiger partial charge < -0.3 is 15.6 Å². The lowest BCUT2D eigenvalue weighted by Gasteiger charge is -2.13. The summed E-state index contributed by atoms with van der Waals surface area (Å²) in [5.41, 5.74) is 8.92. The Hall–Kier alpha value is -5.19. The number of pyridine rings is 2. The van der Waals surface area contributed by atoms with E-state index in [1.165, 1.54) is 18.3 Å². The molecule has 0 radical (unpaired) electrons. The summed E-state index contributed by atoms with van der Waals surface area (Å²) in [6, 6.07) is 13.6. The highest BCUT2D eigenvalue weighted by molar-refractivity contribution is 6.04. The van der Waals surface area contributed by atoms with Crippen molar-refractivity contribution in [3.8, 4) is 33.4 Å². The number of nitrogen functional groups attached to an aromatic ring is 1. The molecule has 0 aliphatic heterocycles. The molecule has 8 nitrogen and oxygen atoms in total. The Morgan fingerprint density at radius 2 is 1.60 bits per heavy atom. The zero-order valence-electron chi connectivity index (χ0n) is 21.2. The summed E-state index contributed by atoms with van der Waals surface area (Å²) in [5.74, 6) is -0.971. The Balaban J connectivity index is 1.43. The highest BCUT2D eigenvalue weighted by Crippen LogP contribution is 2.30. The lowest BCUT2D eigenvalue weighted by atomic mass is 10.0. The van der Waals surface area contributed by atoms with E-state index < -0.39 is 30.1 Å². The van der Waals surface area contributed by atoms with Gasteiger partial charge >= 0.3 is 0 Å². The molecule has 0 unspecified atom stereocenters. The van der Waals surface area contributed by atoms with Gasteiger partial charge in [0, 0.05) is 59.8 Å². The number of hydrogen-bond donors (Lipinski definition) is 2. The van der Waals surface area contributed by atoms with Crippen molar-refractivity contribution in [2.75, 3.05) is 11.1 Å². The summed E-state index contributed by atoms with van der Waals surface area (Å²) in [6.07, 6.45) is 4.83. The molecule has 2 aromatic carbocycles. The Morgan fingerprint density at radius 1 is 0.925 bits per heavy atom. The lowest BCUT2D eigenvalue weighted by Crippen LogP contribution is -2.25. The zero-order valence-corrected chi connectivity index (χ0v) is 21.2. The van der Waals surface area contributed by atoms with Crippen LogP contribution in [0.15, 0.2) is 90.4 Å². The van der Waals surface area contributed by atoms with E-state index in [0.29, 0.717) is 22.6 Å². The van der Waals surface area contributed by atoms with Gasteiger partial charge in [0.1, 0.15) is 17.2 Å². The van der Waals surface area contributed by atoms with Crippen LogP contribution in [0.2, 0.25) is 0 Å². The van der Waals surface area contributed by atoms with Crippen molar-refractivity contribution in [3.05, 3.63) is 107 Å². The maximum atomic E-state index is 13.4. The first kappa shape index (κ1) is 26.4. The molecule has 11 heteroatoms. The van der Waals surface area contributed by atoms with Gasteiger partial charge in [-0.15, -0.1) is 0 Å². The van der Waals surface area contributed by atoms with Crippen molar-refractivity contribution in [1.29, 1.82) is 0 Å². The second-order valence-corrected chi connectivity index (χ2v) is 9.10. The van der Waals surface area contributed by atoms with E-state index in [4.69, 9.17) is 5.73 Å². The fraction of sp³-hybridized carbons (Fsp3) is 0.103. The Kier molecular flexibility index (Phi) is 7.19. The van der Waals surface area contributed by atoms with Gasteiger partial charge in [-0.2, -0.15) is 5.10 Å². The minimum Gasteiger partial charge on any atom is -0.383 e. The van der Waals surface area contributed by atoms with E-state index in [1.54, 1.807) is 41.3 Å². The summed E-state index contributed by atoms with van der Waals surface area (Å²) < 4.78 is 42.5. The number of carbonyl (C=O) groups is 1. The number of halogens is 3. The SMILES string of the molecule is Cn1cc(-c2cnc(N)c(-c3ccc(NC(=O)c4cn(CC(F)F)cc(-c5ccc(F)cc5)c4=O)cc3)c2)cn1. The van der Waals surface area contributed by atoms with Crippen molar-refractivity contribution in [1.82, 2.24) is 19.3 Å². The number of nitrogens with two attached hydrogens (primary N) is 1. The molecule has 0 saturated carbocycles. The predicted octanol–water partition coefficient (Wildman–Crippen LogP) is 5.22. The normalized spacial score (nSPS) is 11.1. The molecule has 5 aromatic rings. The molecule has 5 rings (SSSR count). The van der Waals surface area contributed by atoms with Crippen molar-refractivity contribution < 1.29 is 18.0 Å². The van der Waals surface area contributed by atoms with Gasteiger partial charge in [0.25, 0.3) is 12.3 Å². The molecule has 3 N–H and O–H groups in total. The molecular formula is C29H23F3N6O2. The maximum absolute atomic E-state index is 13.4. The first-order chi connectivity index (χ1) is 19.2. The first-order valence-corrected chi connectivity index (χ1v) is 12.1. The van der Waals surface area contributed by atoms with Gasteiger partial charge in [0.2, 0.25) is 5.43 Å². The molecule has 3 heterocycles. The average Bonchev–Trinajstić information content (AvgIpc) is 3.37. The molecule has 1 amide bonds. The first-order valence-electron chi connectivity index (χ1n) is 12.1. The van der Waals surface area contributed by atoms with Crippen molar-refractivity contribution in [2.45, 2.75) is 13.0 Å². The number of nitrogens with zero attached hydrogens (tertiary/aromatic N) is 4. The van der Waals surface area contributed by atoms with Crippen LogP contribution in [0.25, 0.3) is 33.4 Å². The minimum atomic E-state index is -2.72. The summed E-state index contributed by atoms with van der Waals surface area (Å²) in [5, 5.41) is 6.82. The predicted molar refractivity (Wildman–Crippen MR) is 146 cm³/mol. The molecule has 0 fully saturated rings. The Labute approximate surface area is 226 Å². The Bertz CT molecular complexity index is 1750. The number of nitrogens with one attached hydrogen (secondary N) is 1. The summed E-state index contributed by atoms with van der Waals surface area (Å²) in [4.78, 5) is 30.6. The molecular weight excluding hydrogens is 521 g/mol. The van der Waals surface area contributed by atoms with Crippen LogP contribution in [0, 0.1) is 5.82 Å². The van der Waals surface area contributed by atoms with Crippen LogP contribution in [0.1, 0.15) is 10.4 Å². The van der Waals surface area contributed by atoms with Gasteiger partial charge in [-0.1, -0.05) is 24.3 Å². The van der Waals surface area contributed by atoms with Gasteiger partial charge in [-0.25, -0.2) is 18.2 Å². The molecule has 0 aliphatic carbocycles. The van der Waals surface area contributed by atoms with Crippen LogP contribution in [0.3, 0.4) is 0 Å². The number of carbonyl (C=O) groups excluding carboxylic acids is 1. The number of aromatic nitrogens is 4. The summed E-state index contributed by atoms with van der Waals surface area (Å²) in [7, 11) is 1.81. The van der Waals surface area contributed by atoms with Crippen molar-refractivity contribution in [2.24, 2.45) is 7.05 Å². The van der Waals surface area contributed by atoms with E-state index >= 15 is 0 Å². The molecule has 202 valence electrons. The molecule has 40 heavy (non-hydrogen) atoms. The van der Waals surface area contributed by atoms with Crippen LogP contribution in [0.4, 0.5) is 24.7 Å². The third-order valence-corrected chi connectivity index (χ3v) is 6.24. The monoisotopic (exact) mass is 544 g/mol. The van der Waals surface area contributed by atoms with Gasteiger partial charge in [0.05, 0.1) is 12.7 Å². The number of anilines is 2.